The minimum Gasteiger partial charge on any atom is -0.378 e. The van der Waals surface area contributed by atoms with Crippen LogP contribution in [0.3, 0.4) is 0 Å². The van der Waals surface area contributed by atoms with Crippen molar-refractivity contribution in [1.29, 1.82) is 0 Å². The number of likely N-dealkylation sites (tertiary alicyclic amines) is 1. The summed E-state index contributed by atoms with van der Waals surface area (Å²) in [5, 5.41) is 3.02. The van der Waals surface area contributed by atoms with Crippen molar-refractivity contribution in [3.05, 3.63) is 54.6 Å². The molecule has 136 valence electrons. The SMILES string of the molecule is O=C(Nc1cccnc1)[C@H]1CCO[C@H]2CCN(Cc3cccnc3)C[C@@H]21. The molecule has 6 heteroatoms. The Hall–Kier alpha value is -2.31. The molecule has 2 aliphatic rings. The molecule has 2 aromatic rings. The number of rotatable bonds is 4. The van der Waals surface area contributed by atoms with E-state index in [4.69, 9.17) is 4.74 Å². The van der Waals surface area contributed by atoms with E-state index >= 15 is 0 Å². The molecule has 3 atom stereocenters. The number of ether oxygens (including phenoxy) is 1. The molecule has 0 bridgehead atoms. The Kier molecular flexibility index (Phi) is 5.22. The number of nitrogens with one attached hydrogen (secondary N) is 1. The number of nitrogens with zero attached hydrogens (tertiary/aromatic N) is 3. The monoisotopic (exact) mass is 352 g/mol. The van der Waals surface area contributed by atoms with Crippen LogP contribution in [0, 0.1) is 11.8 Å². The Bertz CT molecular complexity index is 725. The number of hydrogen-bond donors (Lipinski definition) is 1. The summed E-state index contributed by atoms with van der Waals surface area (Å²) in [5.74, 6) is 0.288. The Balaban J connectivity index is 1.43. The van der Waals surface area contributed by atoms with Gasteiger partial charge in [-0.1, -0.05) is 6.07 Å². The lowest BCUT2D eigenvalue weighted by Crippen LogP contribution is -2.52. The van der Waals surface area contributed by atoms with Crippen LogP contribution in [-0.4, -0.2) is 46.6 Å². The third kappa shape index (κ3) is 3.92. The van der Waals surface area contributed by atoms with Gasteiger partial charge in [0.1, 0.15) is 0 Å². The average molecular weight is 352 g/mol. The first kappa shape index (κ1) is 17.1. The van der Waals surface area contributed by atoms with Gasteiger partial charge >= 0.3 is 0 Å². The van der Waals surface area contributed by atoms with Crippen LogP contribution in [0.25, 0.3) is 0 Å². The van der Waals surface area contributed by atoms with Gasteiger partial charge in [0.2, 0.25) is 5.91 Å². The first-order valence-electron chi connectivity index (χ1n) is 9.23. The summed E-state index contributed by atoms with van der Waals surface area (Å²) in [7, 11) is 0. The summed E-state index contributed by atoms with van der Waals surface area (Å²) >= 11 is 0. The molecule has 4 heterocycles. The molecule has 2 aromatic heterocycles. The van der Waals surface area contributed by atoms with Gasteiger partial charge in [0.05, 0.1) is 18.0 Å². The second-order valence-electron chi connectivity index (χ2n) is 7.08. The van der Waals surface area contributed by atoms with Crippen molar-refractivity contribution < 1.29 is 9.53 Å². The number of piperidine rings is 1. The smallest absolute Gasteiger partial charge is 0.228 e. The van der Waals surface area contributed by atoms with E-state index in [1.165, 1.54) is 5.56 Å². The van der Waals surface area contributed by atoms with Crippen LogP contribution < -0.4 is 5.32 Å². The third-order valence-electron chi connectivity index (χ3n) is 5.35. The lowest BCUT2D eigenvalue weighted by molar-refractivity contribution is -0.137. The predicted molar refractivity (Wildman–Crippen MR) is 98.3 cm³/mol. The van der Waals surface area contributed by atoms with Gasteiger partial charge < -0.3 is 10.1 Å². The number of carbonyl (C=O) groups excluding carboxylic acids is 1. The van der Waals surface area contributed by atoms with Gasteiger partial charge in [-0.3, -0.25) is 19.7 Å². The zero-order valence-corrected chi connectivity index (χ0v) is 14.8. The number of aromatic nitrogens is 2. The molecule has 0 saturated carbocycles. The summed E-state index contributed by atoms with van der Waals surface area (Å²) in [5.41, 5.74) is 1.96. The molecule has 2 aliphatic heterocycles. The molecule has 1 N–H and O–H groups in total. The normalized spacial score (nSPS) is 26.1. The van der Waals surface area contributed by atoms with Crippen LogP contribution in [0.2, 0.25) is 0 Å². The maximum absolute atomic E-state index is 12.9. The summed E-state index contributed by atoms with van der Waals surface area (Å²) < 4.78 is 5.98. The van der Waals surface area contributed by atoms with Gasteiger partial charge in [-0.25, -0.2) is 0 Å². The van der Waals surface area contributed by atoms with Crippen LogP contribution in [-0.2, 0) is 16.1 Å². The highest BCUT2D eigenvalue weighted by Crippen LogP contribution is 2.34. The molecule has 1 amide bonds. The minimum atomic E-state index is -0.0225. The van der Waals surface area contributed by atoms with E-state index in [1.54, 1.807) is 18.6 Å². The Labute approximate surface area is 153 Å². The second kappa shape index (κ2) is 7.93. The number of amides is 1. The highest BCUT2D eigenvalue weighted by atomic mass is 16.5. The highest BCUT2D eigenvalue weighted by molar-refractivity contribution is 5.92. The fourth-order valence-corrected chi connectivity index (χ4v) is 4.08. The van der Waals surface area contributed by atoms with Gasteiger partial charge in [0, 0.05) is 56.7 Å². The van der Waals surface area contributed by atoms with Gasteiger partial charge in [-0.15, -0.1) is 0 Å². The lowest BCUT2D eigenvalue weighted by atomic mass is 9.79. The van der Waals surface area contributed by atoms with Crippen molar-refractivity contribution in [1.82, 2.24) is 14.9 Å². The maximum Gasteiger partial charge on any atom is 0.228 e. The number of hydrogen-bond acceptors (Lipinski definition) is 5. The van der Waals surface area contributed by atoms with Gasteiger partial charge in [0.25, 0.3) is 0 Å². The molecule has 0 unspecified atom stereocenters. The van der Waals surface area contributed by atoms with E-state index in [9.17, 15) is 4.79 Å². The van der Waals surface area contributed by atoms with Crippen LogP contribution >= 0.6 is 0 Å². The molecule has 26 heavy (non-hydrogen) atoms. The van der Waals surface area contributed by atoms with E-state index in [2.05, 4.69) is 26.3 Å². The average Bonchev–Trinajstić information content (AvgIpc) is 2.69. The molecule has 0 radical (unpaired) electrons. The van der Waals surface area contributed by atoms with E-state index < -0.39 is 0 Å². The summed E-state index contributed by atoms with van der Waals surface area (Å²) in [6.07, 6.45) is 9.02. The zero-order chi connectivity index (χ0) is 17.8. The van der Waals surface area contributed by atoms with Crippen LogP contribution in [0.5, 0.6) is 0 Å². The van der Waals surface area contributed by atoms with Crippen molar-refractivity contribution in [2.75, 3.05) is 25.0 Å². The van der Waals surface area contributed by atoms with Crippen molar-refractivity contribution in [2.45, 2.75) is 25.5 Å². The standard InChI is InChI=1S/C20H24N4O2/c25-20(23-16-4-2-8-22-12-16)17-6-10-26-19-5-9-24(14-18(17)19)13-15-3-1-7-21-11-15/h1-4,7-8,11-12,17-19H,5-6,9-10,13-14H2,(H,23,25)/t17-,18+,19-/m0/s1. The number of carbonyl (C=O) groups is 1. The van der Waals surface area contributed by atoms with Gasteiger partial charge in [0.15, 0.2) is 0 Å². The fourth-order valence-electron chi connectivity index (χ4n) is 4.08. The van der Waals surface area contributed by atoms with Crippen molar-refractivity contribution >= 4 is 11.6 Å². The second-order valence-corrected chi connectivity index (χ2v) is 7.08. The molecule has 2 saturated heterocycles. The quantitative estimate of drug-likeness (QED) is 0.915. The summed E-state index contributed by atoms with van der Waals surface area (Å²) in [6, 6.07) is 7.77. The molecule has 0 aliphatic carbocycles. The fraction of sp³-hybridized carbons (Fsp3) is 0.450. The highest BCUT2D eigenvalue weighted by Gasteiger charge is 2.41. The van der Waals surface area contributed by atoms with E-state index in [0.29, 0.717) is 6.61 Å². The third-order valence-corrected chi connectivity index (χ3v) is 5.35. The van der Waals surface area contributed by atoms with Crippen molar-refractivity contribution in [2.24, 2.45) is 11.8 Å². The number of fused-ring (bicyclic) bond motifs is 1. The predicted octanol–water partition coefficient (Wildman–Crippen LogP) is 2.34. The lowest BCUT2D eigenvalue weighted by Gasteiger charge is -2.44. The maximum atomic E-state index is 12.9. The van der Waals surface area contributed by atoms with Crippen molar-refractivity contribution in [3.63, 3.8) is 0 Å². The number of pyridine rings is 2. The van der Waals surface area contributed by atoms with E-state index in [-0.39, 0.29) is 23.8 Å². The molecular weight excluding hydrogens is 328 g/mol. The molecule has 0 aromatic carbocycles. The molecule has 6 nitrogen and oxygen atoms in total. The molecule has 4 rings (SSSR count). The van der Waals surface area contributed by atoms with Gasteiger partial charge in [-0.05, 0) is 36.6 Å². The summed E-state index contributed by atoms with van der Waals surface area (Å²) in [6.45, 7) is 3.40. The Morgan fingerprint density at radius 1 is 1.19 bits per heavy atom. The molecule has 0 spiro atoms. The van der Waals surface area contributed by atoms with Crippen LogP contribution in [0.1, 0.15) is 18.4 Å². The van der Waals surface area contributed by atoms with Crippen LogP contribution in [0.15, 0.2) is 49.1 Å². The summed E-state index contributed by atoms with van der Waals surface area (Å²) in [4.78, 5) is 23.5. The Morgan fingerprint density at radius 2 is 2.04 bits per heavy atom. The topological polar surface area (TPSA) is 67.3 Å². The van der Waals surface area contributed by atoms with Gasteiger partial charge in [-0.2, -0.15) is 0 Å². The van der Waals surface area contributed by atoms with Crippen LogP contribution in [0.4, 0.5) is 5.69 Å². The largest absolute Gasteiger partial charge is 0.378 e. The zero-order valence-electron chi connectivity index (χ0n) is 14.8. The van der Waals surface area contributed by atoms with E-state index in [0.717, 1.165) is 38.2 Å². The molecule has 2 fully saturated rings. The first-order valence-corrected chi connectivity index (χ1v) is 9.23. The first-order chi connectivity index (χ1) is 12.8. The van der Waals surface area contributed by atoms with E-state index in [1.807, 2.05) is 24.4 Å². The Morgan fingerprint density at radius 3 is 2.81 bits per heavy atom. The number of anilines is 1. The van der Waals surface area contributed by atoms with Crippen molar-refractivity contribution in [3.8, 4) is 0 Å². The minimum absolute atomic E-state index is 0.0225. The molecular formula is C20H24N4O2.